The molecule has 4 N–H and O–H groups in total. The molecule has 0 aliphatic carbocycles. The highest BCUT2D eigenvalue weighted by atomic mass is 19.1. The van der Waals surface area contributed by atoms with Crippen LogP contribution in [-0.4, -0.2) is 17.6 Å². The van der Waals surface area contributed by atoms with Gasteiger partial charge in [0, 0.05) is 35.5 Å². The molecule has 1 heterocycles. The number of carbonyl (C=O) groups is 1. The Morgan fingerprint density at radius 2 is 1.74 bits per heavy atom. The number of aryl methyl sites for hydroxylation is 1. The number of amides is 1. The molecule has 6 rings (SSSR count). The summed E-state index contributed by atoms with van der Waals surface area (Å²) < 4.78 is 15.3. The summed E-state index contributed by atoms with van der Waals surface area (Å²) in [7, 11) is 0. The quantitative estimate of drug-likeness (QED) is 0.187. The number of aliphatic hydroxyl groups is 1. The molecule has 5 nitrogen and oxygen atoms in total. The van der Waals surface area contributed by atoms with Gasteiger partial charge in [-0.15, -0.1) is 0 Å². The van der Waals surface area contributed by atoms with E-state index in [1.165, 1.54) is 11.5 Å². The lowest BCUT2D eigenvalue weighted by atomic mass is 9.96. The zero-order valence-corrected chi connectivity index (χ0v) is 23.6. The molecule has 2 atom stereocenters. The van der Waals surface area contributed by atoms with E-state index in [2.05, 4.69) is 40.5 Å². The number of rotatable bonds is 7. The molecule has 0 bridgehead atoms. The first-order chi connectivity index (χ1) is 20.4. The molecule has 0 radical (unpaired) electrons. The third-order valence-corrected chi connectivity index (χ3v) is 8.18. The maximum atomic E-state index is 15.3. The zero-order valence-electron chi connectivity index (χ0n) is 23.6. The number of hydrogen-bond donors (Lipinski definition) is 3. The number of carbonyl (C=O) groups excluding carboxylic acids is 1. The van der Waals surface area contributed by atoms with E-state index in [4.69, 9.17) is 5.73 Å². The monoisotopic (exact) mass is 559 g/mol. The van der Waals surface area contributed by atoms with Crippen molar-refractivity contribution in [1.29, 1.82) is 0 Å². The maximum Gasteiger partial charge on any atom is 0.251 e. The minimum absolute atomic E-state index is 0.111. The van der Waals surface area contributed by atoms with Crippen LogP contribution in [0.4, 0.5) is 10.1 Å². The normalized spacial score (nSPS) is 14.3. The topological polar surface area (TPSA) is 78.6 Å². The highest BCUT2D eigenvalue weighted by molar-refractivity contribution is 5.95. The van der Waals surface area contributed by atoms with Gasteiger partial charge in [-0.25, -0.2) is 4.39 Å². The third-order valence-electron chi connectivity index (χ3n) is 8.18. The lowest BCUT2D eigenvalue weighted by molar-refractivity contribution is 0.0939. The van der Waals surface area contributed by atoms with Crippen LogP contribution in [0.2, 0.25) is 0 Å². The van der Waals surface area contributed by atoms with Crippen molar-refractivity contribution in [2.45, 2.75) is 38.6 Å². The number of nitrogens with two attached hydrogens (primary N) is 1. The van der Waals surface area contributed by atoms with Gasteiger partial charge in [-0.1, -0.05) is 72.8 Å². The van der Waals surface area contributed by atoms with Crippen molar-refractivity contribution in [3.63, 3.8) is 0 Å². The minimum atomic E-state index is -1.14. The summed E-state index contributed by atoms with van der Waals surface area (Å²) >= 11 is 0. The molecule has 1 unspecified atom stereocenters. The molecule has 1 aliphatic rings. The van der Waals surface area contributed by atoms with Crippen LogP contribution in [0.1, 0.15) is 58.2 Å². The van der Waals surface area contributed by atoms with Crippen molar-refractivity contribution in [3.05, 3.63) is 137 Å². The fourth-order valence-corrected chi connectivity index (χ4v) is 5.89. The Hall–Kier alpha value is -4.52. The highest BCUT2D eigenvalue weighted by Gasteiger charge is 2.21. The molecule has 212 valence electrons. The van der Waals surface area contributed by atoms with Crippen LogP contribution in [0.25, 0.3) is 21.9 Å². The molecule has 42 heavy (non-hydrogen) atoms. The Kier molecular flexibility index (Phi) is 7.74. The Labute approximate surface area is 245 Å². The first kappa shape index (κ1) is 27.6. The number of nitrogens with one attached hydrogen (secondary N) is 1. The number of hydrogen-bond acceptors (Lipinski definition) is 4. The first-order valence-corrected chi connectivity index (χ1v) is 14.4. The van der Waals surface area contributed by atoms with Gasteiger partial charge in [-0.3, -0.25) is 4.79 Å². The lowest BCUT2D eigenvalue weighted by Gasteiger charge is -2.32. The summed E-state index contributed by atoms with van der Waals surface area (Å²) in [6.07, 6.45) is 0.655. The zero-order chi connectivity index (χ0) is 29.2. The van der Waals surface area contributed by atoms with Crippen LogP contribution in [-0.2, 0) is 13.0 Å². The summed E-state index contributed by atoms with van der Waals surface area (Å²) in [5, 5.41) is 15.4. The Balaban J connectivity index is 1.17. The van der Waals surface area contributed by atoms with Crippen molar-refractivity contribution in [1.82, 2.24) is 5.32 Å². The number of benzene rings is 5. The van der Waals surface area contributed by atoms with Crippen LogP contribution < -0.4 is 16.0 Å². The molecular formula is C36H34FN3O2. The number of halogens is 1. The molecule has 1 amide bonds. The van der Waals surface area contributed by atoms with E-state index in [0.717, 1.165) is 41.6 Å². The smallest absolute Gasteiger partial charge is 0.251 e. The van der Waals surface area contributed by atoms with Gasteiger partial charge < -0.3 is 21.1 Å². The number of anilines is 1. The molecular weight excluding hydrogens is 525 g/mol. The summed E-state index contributed by atoms with van der Waals surface area (Å²) in [6.45, 7) is 3.23. The van der Waals surface area contributed by atoms with Gasteiger partial charge in [0.2, 0.25) is 0 Å². The lowest BCUT2D eigenvalue weighted by Crippen LogP contribution is -2.30. The predicted molar refractivity (Wildman–Crippen MR) is 167 cm³/mol. The van der Waals surface area contributed by atoms with Crippen LogP contribution in [0.3, 0.4) is 0 Å². The standard InChI is InChI=1S/C36H34FN3O2/c1-23(25-13-12-24-7-2-3-8-26(24)19-25)39-36(42)29-16-17-34-28(20-29)9-6-18-40(34)22-30-15-14-27(21-33(30)37)31-10-4-5-11-32(31)35(38)41/h2-5,7-8,10-17,19-21,23,35,41H,6,9,18,22,38H2,1H3,(H,39,42)/t23-,35?/m0/s1. The van der Waals surface area contributed by atoms with Gasteiger partial charge in [0.15, 0.2) is 0 Å². The highest BCUT2D eigenvalue weighted by Crippen LogP contribution is 2.32. The molecule has 1 aliphatic heterocycles. The third kappa shape index (κ3) is 5.64. The average Bonchev–Trinajstić information content (AvgIpc) is 3.01. The molecule has 0 saturated heterocycles. The van der Waals surface area contributed by atoms with Gasteiger partial charge in [0.25, 0.3) is 5.91 Å². The summed E-state index contributed by atoms with van der Waals surface area (Å²) in [5.74, 6) is -0.417. The molecule has 5 aromatic rings. The predicted octanol–water partition coefficient (Wildman–Crippen LogP) is 7.04. The second-order valence-electron chi connectivity index (χ2n) is 11.0. The molecule has 0 fully saturated rings. The van der Waals surface area contributed by atoms with Gasteiger partial charge in [-0.2, -0.15) is 0 Å². The van der Waals surface area contributed by atoms with E-state index in [1.54, 1.807) is 18.2 Å². The molecule has 6 heteroatoms. The van der Waals surface area contributed by atoms with Gasteiger partial charge >= 0.3 is 0 Å². The second kappa shape index (κ2) is 11.8. The van der Waals surface area contributed by atoms with E-state index in [0.29, 0.717) is 34.4 Å². The van der Waals surface area contributed by atoms with Crippen molar-refractivity contribution >= 4 is 22.4 Å². The number of fused-ring (bicyclic) bond motifs is 2. The summed E-state index contributed by atoms with van der Waals surface area (Å²) in [5.41, 5.74) is 12.0. The van der Waals surface area contributed by atoms with E-state index < -0.39 is 6.23 Å². The van der Waals surface area contributed by atoms with Gasteiger partial charge in [0.1, 0.15) is 12.0 Å². The largest absolute Gasteiger partial charge is 0.375 e. The van der Waals surface area contributed by atoms with E-state index in [9.17, 15) is 9.90 Å². The van der Waals surface area contributed by atoms with E-state index >= 15 is 4.39 Å². The van der Waals surface area contributed by atoms with Crippen molar-refractivity contribution in [2.75, 3.05) is 11.4 Å². The fraction of sp³-hybridized carbons (Fsp3) is 0.194. The number of aliphatic hydroxyl groups excluding tert-OH is 1. The minimum Gasteiger partial charge on any atom is -0.375 e. The summed E-state index contributed by atoms with van der Waals surface area (Å²) in [6, 6.07) is 32.5. The van der Waals surface area contributed by atoms with E-state index in [-0.39, 0.29) is 17.8 Å². The van der Waals surface area contributed by atoms with Crippen LogP contribution in [0.5, 0.6) is 0 Å². The Bertz CT molecular complexity index is 1770. The molecule has 0 saturated carbocycles. The van der Waals surface area contributed by atoms with Gasteiger partial charge in [-0.05, 0) is 83.1 Å². The Morgan fingerprint density at radius 1 is 0.952 bits per heavy atom. The van der Waals surface area contributed by atoms with Crippen molar-refractivity contribution in [3.8, 4) is 11.1 Å². The first-order valence-electron chi connectivity index (χ1n) is 14.4. The SMILES string of the molecule is C[C@H](NC(=O)c1ccc2c(c1)CCCN2Cc1ccc(-c2ccccc2C(N)O)cc1F)c1ccc2ccccc2c1. The van der Waals surface area contributed by atoms with Crippen LogP contribution in [0, 0.1) is 5.82 Å². The van der Waals surface area contributed by atoms with Crippen molar-refractivity contribution < 1.29 is 14.3 Å². The maximum absolute atomic E-state index is 15.3. The van der Waals surface area contributed by atoms with Crippen molar-refractivity contribution in [2.24, 2.45) is 5.73 Å². The van der Waals surface area contributed by atoms with Crippen LogP contribution in [0.15, 0.2) is 103 Å². The van der Waals surface area contributed by atoms with E-state index in [1.807, 2.05) is 55.5 Å². The molecule has 5 aromatic carbocycles. The molecule has 0 aromatic heterocycles. The summed E-state index contributed by atoms with van der Waals surface area (Å²) in [4.78, 5) is 15.4. The number of nitrogens with zero attached hydrogens (tertiary/aromatic N) is 1. The molecule has 0 spiro atoms. The fourth-order valence-electron chi connectivity index (χ4n) is 5.89. The average molecular weight is 560 g/mol. The van der Waals surface area contributed by atoms with Crippen LogP contribution >= 0.6 is 0 Å². The second-order valence-corrected chi connectivity index (χ2v) is 11.0. The van der Waals surface area contributed by atoms with Gasteiger partial charge in [0.05, 0.1) is 6.04 Å². The Morgan fingerprint density at radius 3 is 2.55 bits per heavy atom.